The molecule has 0 radical (unpaired) electrons. The number of imide groups is 1. The van der Waals surface area contributed by atoms with Crippen LogP contribution in [0.3, 0.4) is 0 Å². The molecule has 4 heterocycles. The fraction of sp³-hybridized carbons (Fsp3) is 0.565. The van der Waals surface area contributed by atoms with Gasteiger partial charge in [0.25, 0.3) is 5.91 Å². The van der Waals surface area contributed by atoms with Crippen LogP contribution < -0.4 is 11.1 Å². The summed E-state index contributed by atoms with van der Waals surface area (Å²) in [7, 11) is 0. The molecule has 4 amide bonds. The van der Waals surface area contributed by atoms with Gasteiger partial charge in [-0.1, -0.05) is 12.1 Å². The number of nitrogens with two attached hydrogens (primary N) is 1. The van der Waals surface area contributed by atoms with Gasteiger partial charge in [-0.2, -0.15) is 0 Å². The van der Waals surface area contributed by atoms with Crippen molar-refractivity contribution in [2.24, 2.45) is 11.7 Å². The highest BCUT2D eigenvalue weighted by Gasteiger charge is 2.40. The fourth-order valence-electron chi connectivity index (χ4n) is 5.19. The van der Waals surface area contributed by atoms with Crippen LogP contribution in [0.1, 0.15) is 47.2 Å². The number of nitrogens with zero attached hydrogens (tertiary/aromatic N) is 3. The summed E-state index contributed by atoms with van der Waals surface area (Å²) in [4.78, 5) is 55.0. The zero-order valence-electron chi connectivity index (χ0n) is 18.1. The van der Waals surface area contributed by atoms with Crippen molar-refractivity contribution in [1.82, 2.24) is 20.0 Å². The molecular weight excluding hydrogens is 410 g/mol. The van der Waals surface area contributed by atoms with Gasteiger partial charge in [0.05, 0.1) is 5.92 Å². The number of amides is 4. The van der Waals surface area contributed by atoms with Crippen LogP contribution in [-0.4, -0.2) is 76.6 Å². The number of fused-ring (bicyclic) bond motifs is 1. The summed E-state index contributed by atoms with van der Waals surface area (Å²) in [6.07, 6.45) is 2.37. The number of piperidine rings is 2. The van der Waals surface area contributed by atoms with Gasteiger partial charge in [0.15, 0.2) is 0 Å². The average molecular weight is 440 g/mol. The zero-order chi connectivity index (χ0) is 22.4. The van der Waals surface area contributed by atoms with Crippen LogP contribution >= 0.6 is 0 Å². The minimum atomic E-state index is -0.595. The quantitative estimate of drug-likeness (QED) is 0.630. The number of carbonyl (C=O) groups excluding carboxylic acids is 4. The van der Waals surface area contributed by atoms with Gasteiger partial charge >= 0.3 is 0 Å². The molecule has 9 nitrogen and oxygen atoms in total. The van der Waals surface area contributed by atoms with Crippen LogP contribution in [0.15, 0.2) is 18.2 Å². The van der Waals surface area contributed by atoms with Crippen LogP contribution in [0.4, 0.5) is 0 Å². The van der Waals surface area contributed by atoms with Gasteiger partial charge < -0.3 is 15.5 Å². The molecule has 3 N–H and O–H groups in total. The molecule has 1 aromatic carbocycles. The van der Waals surface area contributed by atoms with Gasteiger partial charge in [0.1, 0.15) is 6.04 Å². The van der Waals surface area contributed by atoms with Gasteiger partial charge in [-0.15, -0.1) is 0 Å². The molecule has 0 saturated carbocycles. The third-order valence-electron chi connectivity index (χ3n) is 7.16. The molecule has 3 saturated heterocycles. The van der Waals surface area contributed by atoms with Crippen molar-refractivity contribution in [1.29, 1.82) is 0 Å². The maximum Gasteiger partial charge on any atom is 0.255 e. The minimum absolute atomic E-state index is 0.0448. The maximum absolute atomic E-state index is 13.0. The Morgan fingerprint density at radius 2 is 1.84 bits per heavy atom. The van der Waals surface area contributed by atoms with Crippen molar-refractivity contribution in [2.75, 3.05) is 26.2 Å². The smallest absolute Gasteiger partial charge is 0.255 e. The van der Waals surface area contributed by atoms with Crippen LogP contribution in [-0.2, 0) is 27.5 Å². The number of hydrogen-bond donors (Lipinski definition) is 2. The normalized spacial score (nSPS) is 25.0. The SMILES string of the molecule is NC1CCN(C(=O)C2CN(Cc3ccc4c(c3)C(=O)N(C3CCC(=O)NC3=O)C4)C2)CC1. The third-order valence-corrected chi connectivity index (χ3v) is 7.16. The Labute approximate surface area is 186 Å². The Kier molecular flexibility index (Phi) is 5.46. The summed E-state index contributed by atoms with van der Waals surface area (Å²) < 4.78 is 0. The van der Waals surface area contributed by atoms with Gasteiger partial charge in [-0.3, -0.25) is 29.4 Å². The number of carbonyl (C=O) groups is 4. The van der Waals surface area contributed by atoms with E-state index in [1.165, 1.54) is 0 Å². The lowest BCUT2D eigenvalue weighted by Gasteiger charge is -2.42. The van der Waals surface area contributed by atoms with Gasteiger partial charge in [-0.25, -0.2) is 0 Å². The number of likely N-dealkylation sites (tertiary alicyclic amines) is 2. The van der Waals surface area contributed by atoms with E-state index in [0.717, 1.165) is 50.1 Å². The van der Waals surface area contributed by atoms with Crippen molar-refractivity contribution < 1.29 is 19.2 Å². The molecule has 32 heavy (non-hydrogen) atoms. The molecule has 4 aliphatic rings. The molecule has 0 spiro atoms. The second kappa shape index (κ2) is 8.29. The topological polar surface area (TPSA) is 116 Å². The molecule has 0 aromatic heterocycles. The molecule has 5 rings (SSSR count). The van der Waals surface area contributed by atoms with E-state index < -0.39 is 11.9 Å². The van der Waals surface area contributed by atoms with E-state index in [0.29, 0.717) is 25.1 Å². The van der Waals surface area contributed by atoms with E-state index in [1.807, 2.05) is 23.1 Å². The standard InChI is InChI=1S/C23H29N5O4/c24-17-5-7-27(8-6-17)22(31)16-11-26(12-16)10-14-1-2-15-13-28(23(32)18(15)9-14)19-3-4-20(29)25-21(19)30/h1-2,9,16-17,19H,3-8,10-13,24H2,(H,25,29,30). The lowest BCUT2D eigenvalue weighted by molar-refractivity contribution is -0.142. The number of hydrogen-bond acceptors (Lipinski definition) is 6. The lowest BCUT2D eigenvalue weighted by Crippen LogP contribution is -2.55. The molecule has 0 bridgehead atoms. The molecule has 1 unspecified atom stereocenters. The number of rotatable bonds is 4. The van der Waals surface area contributed by atoms with E-state index in [-0.39, 0.29) is 36.1 Å². The van der Waals surface area contributed by atoms with Crippen molar-refractivity contribution in [3.8, 4) is 0 Å². The maximum atomic E-state index is 13.0. The average Bonchev–Trinajstić information content (AvgIpc) is 3.06. The van der Waals surface area contributed by atoms with E-state index >= 15 is 0 Å². The van der Waals surface area contributed by atoms with E-state index in [9.17, 15) is 19.2 Å². The third kappa shape index (κ3) is 3.91. The summed E-state index contributed by atoms with van der Waals surface area (Å²) in [6, 6.07) is 5.49. The first-order valence-corrected chi connectivity index (χ1v) is 11.4. The van der Waals surface area contributed by atoms with Gasteiger partial charge in [-0.05, 0) is 36.5 Å². The second-order valence-electron chi connectivity index (χ2n) is 9.45. The summed E-state index contributed by atoms with van der Waals surface area (Å²) in [5, 5.41) is 2.33. The Morgan fingerprint density at radius 1 is 1.09 bits per heavy atom. The van der Waals surface area contributed by atoms with Crippen molar-refractivity contribution in [3.05, 3.63) is 34.9 Å². The van der Waals surface area contributed by atoms with E-state index in [2.05, 4.69) is 10.2 Å². The second-order valence-corrected chi connectivity index (χ2v) is 9.45. The highest BCUT2D eigenvalue weighted by atomic mass is 16.2. The van der Waals surface area contributed by atoms with Crippen LogP contribution in [0.2, 0.25) is 0 Å². The van der Waals surface area contributed by atoms with Crippen LogP contribution in [0.5, 0.6) is 0 Å². The summed E-state index contributed by atoms with van der Waals surface area (Å²) in [5.74, 6) is -0.556. The summed E-state index contributed by atoms with van der Waals surface area (Å²) >= 11 is 0. The number of benzene rings is 1. The molecule has 1 aromatic rings. The number of nitrogens with one attached hydrogen (secondary N) is 1. The van der Waals surface area contributed by atoms with Crippen LogP contribution in [0, 0.1) is 5.92 Å². The predicted octanol–water partition coefficient (Wildman–Crippen LogP) is -0.171. The molecular formula is C23H29N5O4. The van der Waals surface area contributed by atoms with Gasteiger partial charge in [0, 0.05) is 57.3 Å². The fourth-order valence-corrected chi connectivity index (χ4v) is 5.19. The highest BCUT2D eigenvalue weighted by molar-refractivity contribution is 6.05. The van der Waals surface area contributed by atoms with Crippen molar-refractivity contribution >= 4 is 23.6 Å². The Balaban J connectivity index is 1.17. The summed E-state index contributed by atoms with van der Waals surface area (Å²) in [5.41, 5.74) is 8.49. The monoisotopic (exact) mass is 439 g/mol. The molecule has 3 fully saturated rings. The van der Waals surface area contributed by atoms with Gasteiger partial charge in [0.2, 0.25) is 17.7 Å². The summed E-state index contributed by atoms with van der Waals surface area (Å²) in [6.45, 7) is 4.05. The van der Waals surface area contributed by atoms with E-state index in [4.69, 9.17) is 5.73 Å². The molecule has 4 aliphatic heterocycles. The lowest BCUT2D eigenvalue weighted by atomic mass is 9.95. The predicted molar refractivity (Wildman–Crippen MR) is 115 cm³/mol. The zero-order valence-corrected chi connectivity index (χ0v) is 18.1. The Morgan fingerprint density at radius 3 is 2.56 bits per heavy atom. The first-order chi connectivity index (χ1) is 15.4. The van der Waals surface area contributed by atoms with Crippen LogP contribution in [0.25, 0.3) is 0 Å². The molecule has 9 heteroatoms. The van der Waals surface area contributed by atoms with E-state index in [1.54, 1.807) is 4.90 Å². The largest absolute Gasteiger partial charge is 0.342 e. The highest BCUT2D eigenvalue weighted by Crippen LogP contribution is 2.29. The molecule has 170 valence electrons. The first-order valence-electron chi connectivity index (χ1n) is 11.4. The molecule has 1 atom stereocenters. The van der Waals surface area contributed by atoms with Crippen molar-refractivity contribution in [3.63, 3.8) is 0 Å². The Hall–Kier alpha value is -2.78. The van der Waals surface area contributed by atoms with Crippen molar-refractivity contribution in [2.45, 2.75) is 50.9 Å². The minimum Gasteiger partial charge on any atom is -0.342 e. The Bertz CT molecular complexity index is 965. The molecule has 0 aliphatic carbocycles. The first kappa shape index (κ1) is 21.1.